The summed E-state index contributed by atoms with van der Waals surface area (Å²) in [6.07, 6.45) is 2.11. The van der Waals surface area contributed by atoms with Crippen LogP contribution >= 0.6 is 0 Å². The van der Waals surface area contributed by atoms with E-state index in [1.165, 1.54) is 0 Å². The molecule has 5 nitrogen and oxygen atoms in total. The molecule has 5 rings (SSSR count). The third-order valence-electron chi connectivity index (χ3n) is 5.20. The fourth-order valence-electron chi connectivity index (χ4n) is 3.68. The van der Waals surface area contributed by atoms with E-state index in [0.717, 1.165) is 46.0 Å². The molecule has 0 aliphatic carbocycles. The lowest BCUT2D eigenvalue weighted by molar-refractivity contribution is 0.285. The molecular weight excluding hydrogens is 364 g/mol. The number of aromatic hydroxyl groups is 1. The largest absolute Gasteiger partial charge is 0.508 e. The molecule has 3 aromatic rings. The molecule has 5 heteroatoms. The molecule has 29 heavy (non-hydrogen) atoms. The van der Waals surface area contributed by atoms with Crippen LogP contribution in [0.4, 0.5) is 11.4 Å². The summed E-state index contributed by atoms with van der Waals surface area (Å²) in [5.41, 5.74) is 5.71. The molecule has 0 fully saturated rings. The maximum absolute atomic E-state index is 9.76. The molecule has 0 amide bonds. The number of phenols is 1. The third-order valence-corrected chi connectivity index (χ3v) is 5.20. The Morgan fingerprint density at radius 1 is 0.966 bits per heavy atom. The van der Waals surface area contributed by atoms with Crippen molar-refractivity contribution in [3.8, 4) is 17.2 Å². The molecule has 3 aromatic carbocycles. The maximum atomic E-state index is 9.76. The van der Waals surface area contributed by atoms with Gasteiger partial charge in [0.1, 0.15) is 23.9 Å². The van der Waals surface area contributed by atoms with Gasteiger partial charge in [0, 0.05) is 29.4 Å². The molecule has 0 unspecified atom stereocenters. The number of hydrogen-bond acceptors (Lipinski definition) is 4. The van der Waals surface area contributed by atoms with Crippen LogP contribution in [0, 0.1) is 6.57 Å². The van der Waals surface area contributed by atoms with Crippen molar-refractivity contribution in [2.24, 2.45) is 0 Å². The van der Waals surface area contributed by atoms with E-state index < -0.39 is 0 Å². The van der Waals surface area contributed by atoms with E-state index in [4.69, 9.17) is 16.0 Å². The standard InChI is InChI=1S/C24H18N2O3/c1-25-20-5-7-21(8-6-20)26-13-18-9-17-10-19(16-3-2-4-22(27)11-16)14-28-23(17)12-24(18)29-15-26/h2-12,27H,13-15H2. The van der Waals surface area contributed by atoms with Crippen LogP contribution in [0.3, 0.4) is 0 Å². The lowest BCUT2D eigenvalue weighted by Gasteiger charge is -2.32. The van der Waals surface area contributed by atoms with Gasteiger partial charge < -0.3 is 19.5 Å². The summed E-state index contributed by atoms with van der Waals surface area (Å²) >= 11 is 0. The van der Waals surface area contributed by atoms with Crippen molar-refractivity contribution in [3.63, 3.8) is 0 Å². The minimum atomic E-state index is 0.243. The van der Waals surface area contributed by atoms with E-state index in [9.17, 15) is 5.11 Å². The molecule has 2 heterocycles. The van der Waals surface area contributed by atoms with Gasteiger partial charge in [-0.3, -0.25) is 0 Å². The van der Waals surface area contributed by atoms with Gasteiger partial charge in [0.2, 0.25) is 0 Å². The Balaban J connectivity index is 1.45. The molecule has 0 saturated carbocycles. The Bertz CT molecular complexity index is 1160. The molecule has 2 aliphatic rings. The topological polar surface area (TPSA) is 46.3 Å². The quantitative estimate of drug-likeness (QED) is 0.616. The van der Waals surface area contributed by atoms with Gasteiger partial charge in [0.05, 0.1) is 6.57 Å². The van der Waals surface area contributed by atoms with E-state index >= 15 is 0 Å². The molecule has 1 N–H and O–H groups in total. The monoisotopic (exact) mass is 382 g/mol. The van der Waals surface area contributed by atoms with Crippen LogP contribution in [0.5, 0.6) is 17.2 Å². The summed E-state index contributed by atoms with van der Waals surface area (Å²) in [7, 11) is 0. The molecule has 0 saturated heterocycles. The highest BCUT2D eigenvalue weighted by Crippen LogP contribution is 2.38. The first-order chi connectivity index (χ1) is 14.2. The van der Waals surface area contributed by atoms with E-state index in [2.05, 4.69) is 21.9 Å². The minimum absolute atomic E-state index is 0.243. The molecule has 0 spiro atoms. The predicted octanol–water partition coefficient (Wildman–Crippen LogP) is 5.23. The Hall–Kier alpha value is -3.91. The van der Waals surface area contributed by atoms with Crippen molar-refractivity contribution in [2.75, 3.05) is 18.2 Å². The van der Waals surface area contributed by atoms with Crippen LogP contribution in [0.2, 0.25) is 0 Å². The Morgan fingerprint density at radius 3 is 2.62 bits per heavy atom. The summed E-state index contributed by atoms with van der Waals surface area (Å²) in [5.74, 6) is 1.89. The number of fused-ring (bicyclic) bond motifs is 2. The van der Waals surface area contributed by atoms with E-state index in [1.807, 2.05) is 42.5 Å². The highest BCUT2D eigenvalue weighted by molar-refractivity contribution is 5.86. The first kappa shape index (κ1) is 17.2. The van der Waals surface area contributed by atoms with Gasteiger partial charge >= 0.3 is 0 Å². The van der Waals surface area contributed by atoms with E-state index in [-0.39, 0.29) is 5.75 Å². The van der Waals surface area contributed by atoms with Gasteiger partial charge in [-0.05, 0) is 47.5 Å². The number of nitrogens with zero attached hydrogens (tertiary/aromatic N) is 2. The third kappa shape index (κ3) is 3.26. The van der Waals surface area contributed by atoms with Crippen LogP contribution in [0.1, 0.15) is 16.7 Å². The molecular formula is C24H18N2O3. The summed E-state index contributed by atoms with van der Waals surface area (Å²) < 4.78 is 11.9. The highest BCUT2D eigenvalue weighted by Gasteiger charge is 2.22. The average molecular weight is 382 g/mol. The summed E-state index contributed by atoms with van der Waals surface area (Å²) in [6.45, 7) is 8.71. The second kappa shape index (κ2) is 6.92. The van der Waals surface area contributed by atoms with Gasteiger partial charge in [-0.2, -0.15) is 0 Å². The van der Waals surface area contributed by atoms with Crippen LogP contribution < -0.4 is 14.4 Å². The van der Waals surface area contributed by atoms with E-state index in [1.54, 1.807) is 12.1 Å². The Labute approximate surface area is 168 Å². The summed E-state index contributed by atoms with van der Waals surface area (Å²) in [5, 5.41) is 9.76. The number of anilines is 1. The number of benzene rings is 3. The minimum Gasteiger partial charge on any atom is -0.508 e. The van der Waals surface area contributed by atoms with Crippen LogP contribution in [-0.2, 0) is 6.54 Å². The fraction of sp³-hybridized carbons (Fsp3) is 0.125. The van der Waals surface area contributed by atoms with Crippen LogP contribution in [-0.4, -0.2) is 18.4 Å². The zero-order chi connectivity index (χ0) is 19.8. The van der Waals surface area contributed by atoms with Crippen molar-refractivity contribution >= 4 is 23.0 Å². The Morgan fingerprint density at radius 2 is 1.83 bits per heavy atom. The van der Waals surface area contributed by atoms with Gasteiger partial charge in [0.15, 0.2) is 12.4 Å². The SMILES string of the molecule is [C-]#[N+]c1ccc(N2COc3cc4c(cc3C2)C=C(c2cccc(O)c2)CO4)cc1. The van der Waals surface area contributed by atoms with Crippen LogP contribution in [0.25, 0.3) is 16.5 Å². The lowest BCUT2D eigenvalue weighted by Crippen LogP contribution is -2.31. The Kier molecular flexibility index (Phi) is 4.10. The molecule has 0 aromatic heterocycles. The number of rotatable bonds is 2. The fourth-order valence-corrected chi connectivity index (χ4v) is 3.68. The number of hydrogen-bond donors (Lipinski definition) is 1. The molecule has 0 atom stereocenters. The van der Waals surface area contributed by atoms with Crippen molar-refractivity contribution in [1.29, 1.82) is 0 Å². The number of phenolic OH excluding ortho intramolecular Hbond substituents is 1. The van der Waals surface area contributed by atoms with Crippen LogP contribution in [0.15, 0.2) is 60.7 Å². The first-order valence-electron chi connectivity index (χ1n) is 9.34. The van der Waals surface area contributed by atoms with Crippen molar-refractivity contribution < 1.29 is 14.6 Å². The predicted molar refractivity (Wildman–Crippen MR) is 112 cm³/mol. The maximum Gasteiger partial charge on any atom is 0.187 e. The lowest BCUT2D eigenvalue weighted by atomic mass is 9.98. The molecule has 142 valence electrons. The van der Waals surface area contributed by atoms with Crippen molar-refractivity contribution in [3.05, 3.63) is 88.8 Å². The first-order valence-corrected chi connectivity index (χ1v) is 9.34. The summed E-state index contributed by atoms with van der Waals surface area (Å²) in [4.78, 5) is 5.57. The molecule has 2 aliphatic heterocycles. The summed E-state index contributed by atoms with van der Waals surface area (Å²) in [6, 6.07) is 18.8. The second-order valence-corrected chi connectivity index (χ2v) is 7.11. The van der Waals surface area contributed by atoms with Gasteiger partial charge in [-0.25, -0.2) is 4.85 Å². The highest BCUT2D eigenvalue weighted by atomic mass is 16.5. The number of ether oxygens (including phenoxy) is 2. The molecule has 0 radical (unpaired) electrons. The van der Waals surface area contributed by atoms with Crippen molar-refractivity contribution in [2.45, 2.75) is 6.54 Å². The average Bonchev–Trinajstić information content (AvgIpc) is 2.77. The van der Waals surface area contributed by atoms with Crippen molar-refractivity contribution in [1.82, 2.24) is 0 Å². The zero-order valence-electron chi connectivity index (χ0n) is 15.6. The van der Waals surface area contributed by atoms with Gasteiger partial charge in [0.25, 0.3) is 0 Å². The van der Waals surface area contributed by atoms with E-state index in [0.29, 0.717) is 19.0 Å². The molecule has 0 bridgehead atoms. The van der Waals surface area contributed by atoms with Gasteiger partial charge in [-0.15, -0.1) is 0 Å². The van der Waals surface area contributed by atoms with Gasteiger partial charge in [-0.1, -0.05) is 24.3 Å². The normalized spacial score (nSPS) is 14.6. The second-order valence-electron chi connectivity index (χ2n) is 7.11. The smallest absolute Gasteiger partial charge is 0.187 e. The zero-order valence-corrected chi connectivity index (χ0v) is 15.6.